The van der Waals surface area contributed by atoms with Gasteiger partial charge in [0.25, 0.3) is 5.91 Å². The third-order valence-electron chi connectivity index (χ3n) is 2.89. The lowest BCUT2D eigenvalue weighted by Crippen LogP contribution is -2.24. The molecule has 1 N–H and O–H groups in total. The lowest BCUT2D eigenvalue weighted by Gasteiger charge is -2.08. The van der Waals surface area contributed by atoms with Crippen LogP contribution in [0.25, 0.3) is 0 Å². The maximum absolute atomic E-state index is 12.5. The summed E-state index contributed by atoms with van der Waals surface area (Å²) < 4.78 is 47.2. The molecular formula is C14H13F3N4O3. The van der Waals surface area contributed by atoms with E-state index in [0.29, 0.717) is 0 Å². The van der Waals surface area contributed by atoms with Crippen molar-refractivity contribution in [2.45, 2.75) is 12.7 Å². The zero-order valence-electron chi connectivity index (χ0n) is 12.7. The predicted molar refractivity (Wildman–Crippen MR) is 75.5 cm³/mol. The number of rotatable bonds is 5. The Morgan fingerprint density at radius 1 is 1.04 bits per heavy atom. The minimum atomic E-state index is -4.45. The van der Waals surface area contributed by atoms with E-state index in [2.05, 4.69) is 20.3 Å². The first-order valence-electron chi connectivity index (χ1n) is 6.62. The molecule has 0 atom stereocenters. The molecule has 0 aliphatic rings. The number of hydrogen-bond donors (Lipinski definition) is 1. The second kappa shape index (κ2) is 7.11. The number of halogens is 3. The fraction of sp³-hybridized carbons (Fsp3) is 0.286. The van der Waals surface area contributed by atoms with Gasteiger partial charge in [0.05, 0.1) is 26.3 Å². The molecule has 1 heterocycles. The van der Waals surface area contributed by atoms with Crippen molar-refractivity contribution in [2.24, 2.45) is 0 Å². The first-order valence-corrected chi connectivity index (χ1v) is 6.62. The van der Waals surface area contributed by atoms with Crippen LogP contribution in [0.5, 0.6) is 12.0 Å². The number of alkyl halides is 3. The number of nitrogens with zero attached hydrogens (tertiary/aromatic N) is 3. The SMILES string of the molecule is COc1nc(CNC(=O)c2ccc(C(F)(F)F)cc2)nc(OC)n1. The molecule has 0 spiro atoms. The second-order valence-corrected chi connectivity index (χ2v) is 4.48. The van der Waals surface area contributed by atoms with E-state index in [4.69, 9.17) is 9.47 Å². The molecule has 0 bridgehead atoms. The average molecular weight is 342 g/mol. The van der Waals surface area contributed by atoms with Crippen LogP contribution in [0, 0.1) is 0 Å². The van der Waals surface area contributed by atoms with Crippen LogP contribution in [0.4, 0.5) is 13.2 Å². The third kappa shape index (κ3) is 4.31. The Labute approximate surface area is 134 Å². The Kier molecular flexibility index (Phi) is 5.17. The van der Waals surface area contributed by atoms with Crippen molar-refractivity contribution in [3.63, 3.8) is 0 Å². The molecule has 2 rings (SSSR count). The Bertz CT molecular complexity index is 698. The van der Waals surface area contributed by atoms with Crippen LogP contribution in [-0.4, -0.2) is 35.1 Å². The summed E-state index contributed by atoms with van der Waals surface area (Å²) in [7, 11) is 2.72. The van der Waals surface area contributed by atoms with Gasteiger partial charge in [0, 0.05) is 5.56 Å². The van der Waals surface area contributed by atoms with Gasteiger partial charge in [-0.05, 0) is 24.3 Å². The molecule has 24 heavy (non-hydrogen) atoms. The van der Waals surface area contributed by atoms with Gasteiger partial charge in [0.15, 0.2) is 5.82 Å². The van der Waals surface area contributed by atoms with Crippen LogP contribution in [-0.2, 0) is 12.7 Å². The van der Waals surface area contributed by atoms with Gasteiger partial charge in [-0.15, -0.1) is 4.98 Å². The third-order valence-corrected chi connectivity index (χ3v) is 2.89. The van der Waals surface area contributed by atoms with Gasteiger partial charge in [-0.25, -0.2) is 0 Å². The maximum Gasteiger partial charge on any atom is 0.416 e. The summed E-state index contributed by atoms with van der Waals surface area (Å²) in [5, 5.41) is 2.49. The highest BCUT2D eigenvalue weighted by Crippen LogP contribution is 2.29. The summed E-state index contributed by atoms with van der Waals surface area (Å²) >= 11 is 0. The molecule has 10 heteroatoms. The predicted octanol–water partition coefficient (Wildman–Crippen LogP) is 1.84. The number of amides is 1. The van der Waals surface area contributed by atoms with E-state index in [1.807, 2.05) is 0 Å². The molecule has 0 aliphatic carbocycles. The molecule has 0 aliphatic heterocycles. The van der Waals surface area contributed by atoms with Crippen molar-refractivity contribution in [2.75, 3.05) is 14.2 Å². The Morgan fingerprint density at radius 2 is 1.58 bits per heavy atom. The number of carbonyl (C=O) groups excluding carboxylic acids is 1. The lowest BCUT2D eigenvalue weighted by atomic mass is 10.1. The normalized spacial score (nSPS) is 11.0. The molecule has 2 aromatic rings. The van der Waals surface area contributed by atoms with Crippen LogP contribution in [0.1, 0.15) is 21.7 Å². The Morgan fingerprint density at radius 3 is 2.04 bits per heavy atom. The van der Waals surface area contributed by atoms with Gasteiger partial charge in [-0.2, -0.15) is 23.1 Å². The van der Waals surface area contributed by atoms with Crippen LogP contribution in [0.2, 0.25) is 0 Å². The molecule has 0 fully saturated rings. The highest BCUT2D eigenvalue weighted by molar-refractivity contribution is 5.94. The van der Waals surface area contributed by atoms with Gasteiger partial charge < -0.3 is 14.8 Å². The average Bonchev–Trinajstić information content (AvgIpc) is 2.58. The maximum atomic E-state index is 12.5. The van der Waals surface area contributed by atoms with Crippen molar-refractivity contribution in [3.8, 4) is 12.0 Å². The van der Waals surface area contributed by atoms with Crippen molar-refractivity contribution < 1.29 is 27.4 Å². The summed E-state index contributed by atoms with van der Waals surface area (Å²) in [5.74, 6) is -0.388. The van der Waals surface area contributed by atoms with Gasteiger partial charge in [-0.3, -0.25) is 4.79 Å². The zero-order valence-corrected chi connectivity index (χ0v) is 12.7. The fourth-order valence-corrected chi connectivity index (χ4v) is 1.71. The minimum Gasteiger partial charge on any atom is -0.467 e. The summed E-state index contributed by atoms with van der Waals surface area (Å²) in [6.45, 7) is -0.0743. The fourth-order valence-electron chi connectivity index (χ4n) is 1.71. The van der Waals surface area contributed by atoms with Gasteiger partial charge in [0.2, 0.25) is 0 Å². The van der Waals surface area contributed by atoms with E-state index >= 15 is 0 Å². The molecule has 0 saturated carbocycles. The molecule has 128 valence electrons. The number of aromatic nitrogens is 3. The summed E-state index contributed by atoms with van der Waals surface area (Å²) in [5.41, 5.74) is -0.748. The van der Waals surface area contributed by atoms with E-state index < -0.39 is 17.6 Å². The standard InChI is InChI=1S/C14H13F3N4O3/c1-23-12-19-10(20-13(21-12)24-2)7-18-11(22)8-3-5-9(6-4-8)14(15,16)17/h3-6H,7H2,1-2H3,(H,18,22). The second-order valence-electron chi connectivity index (χ2n) is 4.48. The zero-order chi connectivity index (χ0) is 17.7. The van der Waals surface area contributed by atoms with Crippen molar-refractivity contribution in [3.05, 3.63) is 41.2 Å². The highest BCUT2D eigenvalue weighted by atomic mass is 19.4. The van der Waals surface area contributed by atoms with Crippen LogP contribution >= 0.6 is 0 Å². The van der Waals surface area contributed by atoms with Crippen molar-refractivity contribution in [1.29, 1.82) is 0 Å². The number of benzene rings is 1. The minimum absolute atomic E-state index is 0.0145. The van der Waals surface area contributed by atoms with Crippen molar-refractivity contribution >= 4 is 5.91 Å². The monoisotopic (exact) mass is 342 g/mol. The van der Waals surface area contributed by atoms with Gasteiger partial charge in [0.1, 0.15) is 0 Å². The van der Waals surface area contributed by atoms with Crippen LogP contribution in [0.3, 0.4) is 0 Å². The van der Waals surface area contributed by atoms with Gasteiger partial charge in [-0.1, -0.05) is 0 Å². The summed E-state index contributed by atoms with van der Waals surface area (Å²) in [6.07, 6.45) is -4.45. The molecule has 1 aromatic heterocycles. The molecule has 1 amide bonds. The van der Waals surface area contributed by atoms with E-state index in [1.54, 1.807) is 0 Å². The Hall–Kier alpha value is -2.91. The highest BCUT2D eigenvalue weighted by Gasteiger charge is 2.30. The number of nitrogens with one attached hydrogen (secondary N) is 1. The van der Waals surface area contributed by atoms with Crippen LogP contribution < -0.4 is 14.8 Å². The molecule has 0 radical (unpaired) electrons. The van der Waals surface area contributed by atoms with Crippen molar-refractivity contribution in [1.82, 2.24) is 20.3 Å². The smallest absolute Gasteiger partial charge is 0.416 e. The van der Waals surface area contributed by atoms with E-state index in [0.717, 1.165) is 24.3 Å². The quantitative estimate of drug-likeness (QED) is 0.892. The molecular weight excluding hydrogens is 329 g/mol. The van der Waals surface area contributed by atoms with E-state index in [1.165, 1.54) is 14.2 Å². The Balaban J connectivity index is 2.05. The van der Waals surface area contributed by atoms with E-state index in [9.17, 15) is 18.0 Å². The number of ether oxygens (including phenoxy) is 2. The number of hydrogen-bond acceptors (Lipinski definition) is 6. The summed E-state index contributed by atoms with van der Waals surface area (Å²) in [4.78, 5) is 23.6. The molecule has 0 unspecified atom stereocenters. The number of carbonyl (C=O) groups is 1. The molecule has 0 saturated heterocycles. The van der Waals surface area contributed by atoms with Gasteiger partial charge >= 0.3 is 18.2 Å². The van der Waals surface area contributed by atoms with E-state index in [-0.39, 0.29) is 30.0 Å². The first kappa shape index (κ1) is 17.4. The molecule has 7 nitrogen and oxygen atoms in total. The largest absolute Gasteiger partial charge is 0.467 e. The topological polar surface area (TPSA) is 86.2 Å². The summed E-state index contributed by atoms with van der Waals surface area (Å²) in [6, 6.07) is 3.88. The first-order chi connectivity index (χ1) is 11.3. The van der Waals surface area contributed by atoms with Crippen LogP contribution in [0.15, 0.2) is 24.3 Å². The lowest BCUT2D eigenvalue weighted by molar-refractivity contribution is -0.137. The molecule has 1 aromatic carbocycles. The number of methoxy groups -OCH3 is 2.